The summed E-state index contributed by atoms with van der Waals surface area (Å²) in [5.74, 6) is -2.37. The van der Waals surface area contributed by atoms with E-state index in [2.05, 4.69) is 0 Å². The zero-order valence-electron chi connectivity index (χ0n) is 11.3. The predicted octanol–water partition coefficient (Wildman–Crippen LogP) is 3.08. The Labute approximate surface area is 123 Å². The molecule has 5 nitrogen and oxygen atoms in total. The molecule has 0 aliphatic carbocycles. The number of halogens is 2. The molecule has 0 spiro atoms. The standard InChI is InChI=1S/C15H10F2N2O3/c16-10-2-4-12(13(17)7-10)15(20)18-6-5-9-1-3-11(19(21)22)8-14(9)18/h1-4,7-8H,5-6H2. The number of rotatable bonds is 2. The van der Waals surface area contributed by atoms with Gasteiger partial charge in [0.1, 0.15) is 11.6 Å². The van der Waals surface area contributed by atoms with Crippen LogP contribution in [0.4, 0.5) is 20.2 Å². The van der Waals surface area contributed by atoms with Crippen LogP contribution in [-0.4, -0.2) is 17.4 Å². The lowest BCUT2D eigenvalue weighted by molar-refractivity contribution is -0.384. The van der Waals surface area contributed by atoms with E-state index in [1.54, 1.807) is 6.07 Å². The average Bonchev–Trinajstić information content (AvgIpc) is 2.89. The van der Waals surface area contributed by atoms with Crippen LogP contribution in [0.5, 0.6) is 0 Å². The van der Waals surface area contributed by atoms with E-state index in [9.17, 15) is 23.7 Å². The van der Waals surface area contributed by atoms with Gasteiger partial charge in [0.05, 0.1) is 16.2 Å². The van der Waals surface area contributed by atoms with Gasteiger partial charge in [0, 0.05) is 24.7 Å². The van der Waals surface area contributed by atoms with E-state index in [4.69, 9.17) is 0 Å². The van der Waals surface area contributed by atoms with Crippen LogP contribution in [0.15, 0.2) is 36.4 Å². The van der Waals surface area contributed by atoms with Gasteiger partial charge in [0.15, 0.2) is 0 Å². The van der Waals surface area contributed by atoms with Crippen molar-refractivity contribution in [2.45, 2.75) is 6.42 Å². The number of non-ortho nitro benzene ring substituents is 1. The van der Waals surface area contributed by atoms with Crippen molar-refractivity contribution < 1.29 is 18.5 Å². The minimum atomic E-state index is -0.955. The lowest BCUT2D eigenvalue weighted by atomic mass is 10.1. The van der Waals surface area contributed by atoms with Crippen LogP contribution in [0.1, 0.15) is 15.9 Å². The molecule has 7 heteroatoms. The highest BCUT2D eigenvalue weighted by Crippen LogP contribution is 2.33. The van der Waals surface area contributed by atoms with E-state index in [0.717, 1.165) is 17.7 Å². The van der Waals surface area contributed by atoms with Crippen molar-refractivity contribution in [1.82, 2.24) is 0 Å². The maximum atomic E-state index is 13.7. The second kappa shape index (κ2) is 5.18. The fourth-order valence-corrected chi connectivity index (χ4v) is 2.50. The zero-order valence-corrected chi connectivity index (χ0v) is 11.3. The number of carbonyl (C=O) groups is 1. The van der Waals surface area contributed by atoms with Gasteiger partial charge in [0.25, 0.3) is 11.6 Å². The molecule has 0 saturated carbocycles. The molecule has 1 heterocycles. The molecule has 0 aromatic heterocycles. The monoisotopic (exact) mass is 304 g/mol. The van der Waals surface area contributed by atoms with E-state index >= 15 is 0 Å². The van der Waals surface area contributed by atoms with Crippen LogP contribution in [0.25, 0.3) is 0 Å². The van der Waals surface area contributed by atoms with E-state index in [-0.39, 0.29) is 11.3 Å². The van der Waals surface area contributed by atoms with Crippen molar-refractivity contribution in [3.63, 3.8) is 0 Å². The largest absolute Gasteiger partial charge is 0.307 e. The molecule has 112 valence electrons. The summed E-state index contributed by atoms with van der Waals surface area (Å²) in [4.78, 5) is 24.0. The SMILES string of the molecule is O=C(c1ccc(F)cc1F)N1CCc2ccc([N+](=O)[O-])cc21. The van der Waals surface area contributed by atoms with Gasteiger partial charge in [-0.3, -0.25) is 14.9 Å². The number of nitrogens with zero attached hydrogens (tertiary/aromatic N) is 2. The summed E-state index contributed by atoms with van der Waals surface area (Å²) < 4.78 is 26.7. The number of nitro benzene ring substituents is 1. The van der Waals surface area contributed by atoms with Crippen LogP contribution in [0.3, 0.4) is 0 Å². The van der Waals surface area contributed by atoms with Crippen LogP contribution >= 0.6 is 0 Å². The summed E-state index contributed by atoms with van der Waals surface area (Å²) in [6, 6.07) is 6.95. The van der Waals surface area contributed by atoms with Gasteiger partial charge in [-0.2, -0.15) is 0 Å². The molecule has 1 aliphatic heterocycles. The third-order valence-corrected chi connectivity index (χ3v) is 3.58. The topological polar surface area (TPSA) is 63.5 Å². The Bertz CT molecular complexity index is 792. The number of carbonyl (C=O) groups excluding carboxylic acids is 1. The number of amides is 1. The third kappa shape index (κ3) is 2.30. The van der Waals surface area contributed by atoms with Crippen molar-refractivity contribution in [3.05, 3.63) is 69.3 Å². The minimum absolute atomic E-state index is 0.141. The van der Waals surface area contributed by atoms with E-state index in [0.29, 0.717) is 24.7 Å². The van der Waals surface area contributed by atoms with Crippen LogP contribution in [-0.2, 0) is 6.42 Å². The normalized spacial score (nSPS) is 13.1. The first-order valence-corrected chi connectivity index (χ1v) is 6.51. The quantitative estimate of drug-likeness (QED) is 0.632. The van der Waals surface area contributed by atoms with Crippen LogP contribution in [0, 0.1) is 21.7 Å². The predicted molar refractivity (Wildman–Crippen MR) is 74.8 cm³/mol. The molecule has 0 unspecified atom stereocenters. The summed E-state index contributed by atoms with van der Waals surface area (Å²) >= 11 is 0. The molecule has 1 amide bonds. The Morgan fingerprint density at radius 1 is 1.18 bits per heavy atom. The maximum absolute atomic E-state index is 13.7. The lowest BCUT2D eigenvalue weighted by Crippen LogP contribution is -2.29. The summed E-state index contributed by atoms with van der Waals surface area (Å²) in [5, 5.41) is 10.8. The lowest BCUT2D eigenvalue weighted by Gasteiger charge is -2.17. The number of fused-ring (bicyclic) bond motifs is 1. The molecular formula is C15H10F2N2O3. The molecule has 0 fully saturated rings. The first-order chi connectivity index (χ1) is 10.5. The van der Waals surface area contributed by atoms with Crippen molar-refractivity contribution in [1.29, 1.82) is 0 Å². The molecule has 2 aromatic rings. The third-order valence-electron chi connectivity index (χ3n) is 3.58. The van der Waals surface area contributed by atoms with Crippen LogP contribution in [0.2, 0.25) is 0 Å². The van der Waals surface area contributed by atoms with E-state index < -0.39 is 22.5 Å². The first-order valence-electron chi connectivity index (χ1n) is 6.51. The van der Waals surface area contributed by atoms with Crippen molar-refractivity contribution >= 4 is 17.3 Å². The van der Waals surface area contributed by atoms with Gasteiger partial charge in [0.2, 0.25) is 0 Å². The molecule has 0 N–H and O–H groups in total. The van der Waals surface area contributed by atoms with Gasteiger partial charge in [-0.05, 0) is 24.1 Å². The Morgan fingerprint density at radius 3 is 2.64 bits per heavy atom. The van der Waals surface area contributed by atoms with Gasteiger partial charge in [-0.15, -0.1) is 0 Å². The van der Waals surface area contributed by atoms with Gasteiger partial charge >= 0.3 is 0 Å². The summed E-state index contributed by atoms with van der Waals surface area (Å²) in [6.45, 7) is 0.298. The summed E-state index contributed by atoms with van der Waals surface area (Å²) in [7, 11) is 0. The molecule has 0 atom stereocenters. The highest BCUT2D eigenvalue weighted by molar-refractivity contribution is 6.07. The highest BCUT2D eigenvalue weighted by atomic mass is 19.1. The summed E-state index contributed by atoms with van der Waals surface area (Å²) in [5.41, 5.74) is 0.767. The second-order valence-electron chi connectivity index (χ2n) is 4.90. The summed E-state index contributed by atoms with van der Waals surface area (Å²) in [6.07, 6.45) is 0.530. The number of anilines is 1. The van der Waals surface area contributed by atoms with E-state index in [1.807, 2.05) is 0 Å². The Hall–Kier alpha value is -2.83. The molecular weight excluding hydrogens is 294 g/mol. The Kier molecular flexibility index (Phi) is 3.32. The van der Waals surface area contributed by atoms with Crippen molar-refractivity contribution in [2.24, 2.45) is 0 Å². The number of benzene rings is 2. The first kappa shape index (κ1) is 14.1. The molecule has 22 heavy (non-hydrogen) atoms. The van der Waals surface area contributed by atoms with Crippen molar-refractivity contribution in [3.8, 4) is 0 Å². The Balaban J connectivity index is 2.00. The highest BCUT2D eigenvalue weighted by Gasteiger charge is 2.29. The van der Waals surface area contributed by atoms with Crippen LogP contribution < -0.4 is 4.90 Å². The number of hydrogen-bond donors (Lipinski definition) is 0. The molecule has 0 radical (unpaired) electrons. The number of hydrogen-bond acceptors (Lipinski definition) is 3. The van der Waals surface area contributed by atoms with Crippen molar-refractivity contribution in [2.75, 3.05) is 11.4 Å². The zero-order chi connectivity index (χ0) is 15.9. The smallest absolute Gasteiger partial charge is 0.271 e. The van der Waals surface area contributed by atoms with E-state index in [1.165, 1.54) is 17.0 Å². The fourth-order valence-electron chi connectivity index (χ4n) is 2.50. The van der Waals surface area contributed by atoms with Gasteiger partial charge in [-0.1, -0.05) is 6.07 Å². The second-order valence-corrected chi connectivity index (χ2v) is 4.90. The molecule has 1 aliphatic rings. The minimum Gasteiger partial charge on any atom is -0.307 e. The molecule has 0 saturated heterocycles. The van der Waals surface area contributed by atoms with Gasteiger partial charge in [-0.25, -0.2) is 8.78 Å². The maximum Gasteiger partial charge on any atom is 0.271 e. The Morgan fingerprint density at radius 2 is 1.95 bits per heavy atom. The molecule has 2 aromatic carbocycles. The molecule has 0 bridgehead atoms. The van der Waals surface area contributed by atoms with Gasteiger partial charge < -0.3 is 4.90 Å². The molecule has 3 rings (SSSR count). The fraction of sp³-hybridized carbons (Fsp3) is 0.133. The number of nitro groups is 1. The average molecular weight is 304 g/mol.